The number of halogens is 1. The van der Waals surface area contributed by atoms with Crippen LogP contribution in [0.5, 0.6) is 0 Å². The summed E-state index contributed by atoms with van der Waals surface area (Å²) in [4.78, 5) is 10.8. The lowest BCUT2D eigenvalue weighted by molar-refractivity contribution is -0.773. The van der Waals surface area contributed by atoms with E-state index in [1.165, 1.54) is 0 Å². The Labute approximate surface area is 94.9 Å². The summed E-state index contributed by atoms with van der Waals surface area (Å²) in [5.74, 6) is -1.14. The Morgan fingerprint density at radius 3 is 2.67 bits per heavy atom. The van der Waals surface area contributed by atoms with Crippen molar-refractivity contribution in [2.75, 3.05) is 6.54 Å². The molecule has 0 aliphatic heterocycles. The highest BCUT2D eigenvalue weighted by Gasteiger charge is 2.16. The maximum Gasteiger partial charge on any atom is 0.199 e. The number of carbonyl (C=O) groups is 1. The maximum absolute atomic E-state index is 10.8. The van der Waals surface area contributed by atoms with Gasteiger partial charge in [-0.2, -0.15) is 4.68 Å². The average molecular weight is 234 g/mol. The zero-order chi connectivity index (χ0) is 10.7. The van der Waals surface area contributed by atoms with Gasteiger partial charge in [0.15, 0.2) is 12.7 Å². The molecule has 5 nitrogen and oxygen atoms in total. The van der Waals surface area contributed by atoms with Crippen molar-refractivity contribution in [3.8, 4) is 0 Å². The Kier molecular flexibility index (Phi) is 5.32. The first kappa shape index (κ1) is 13.9. The van der Waals surface area contributed by atoms with Crippen LogP contribution in [0.2, 0.25) is 0 Å². The lowest BCUT2D eigenvalue weighted by atomic mass is 10.3. The van der Waals surface area contributed by atoms with Gasteiger partial charge < -0.3 is 15.6 Å². The number of nitrogens with zero attached hydrogens (tertiary/aromatic N) is 2. The molecule has 86 valence electrons. The van der Waals surface area contributed by atoms with Crippen LogP contribution in [-0.2, 0) is 13.6 Å². The second kappa shape index (κ2) is 5.72. The molecule has 1 heterocycles. The van der Waals surface area contributed by atoms with Crippen molar-refractivity contribution in [1.82, 2.24) is 4.68 Å². The summed E-state index contributed by atoms with van der Waals surface area (Å²) in [6.45, 7) is 3.07. The van der Waals surface area contributed by atoms with Crippen LogP contribution in [0.3, 0.4) is 0 Å². The number of aromatic carboxylic acids is 1. The average Bonchev–Trinajstić information content (AvgIpc) is 2.38. The van der Waals surface area contributed by atoms with E-state index in [9.17, 15) is 9.90 Å². The number of nitrogens with two attached hydrogens (primary N) is 1. The quantitative estimate of drug-likeness (QED) is 0.661. The van der Waals surface area contributed by atoms with Crippen molar-refractivity contribution in [2.24, 2.45) is 12.8 Å². The van der Waals surface area contributed by atoms with Gasteiger partial charge in [-0.15, -0.1) is 17.1 Å². The molecule has 0 aliphatic carbocycles. The Balaban J connectivity index is 0.00000196. The minimum atomic E-state index is -1.14. The Bertz CT molecular complexity index is 349. The number of rotatable bonds is 4. The summed E-state index contributed by atoms with van der Waals surface area (Å²) in [7, 11) is 1.70. The fourth-order valence-electron chi connectivity index (χ4n) is 1.52. The van der Waals surface area contributed by atoms with Gasteiger partial charge in [0, 0.05) is 12.0 Å². The number of carbonyl (C=O) groups excluding carboxylic acids is 1. The molecule has 6 heteroatoms. The zero-order valence-electron chi connectivity index (χ0n) is 8.90. The number of hydrogen-bond acceptors (Lipinski definition) is 3. The van der Waals surface area contributed by atoms with Gasteiger partial charge in [0.05, 0.1) is 13.0 Å². The number of aromatic nitrogens is 2. The fraction of sp³-hybridized carbons (Fsp3) is 0.556. The first-order valence-corrected chi connectivity index (χ1v) is 4.55. The highest BCUT2D eigenvalue weighted by Crippen LogP contribution is 2.02. The van der Waals surface area contributed by atoms with Crippen LogP contribution in [0.15, 0.2) is 6.20 Å². The molecule has 0 atom stereocenters. The first-order valence-electron chi connectivity index (χ1n) is 4.55. The largest absolute Gasteiger partial charge is 0.543 e. The van der Waals surface area contributed by atoms with Crippen LogP contribution in [-0.4, -0.2) is 17.2 Å². The summed E-state index contributed by atoms with van der Waals surface area (Å²) < 4.78 is 3.41. The second-order valence-electron chi connectivity index (χ2n) is 3.28. The number of hydrogen-bond donors (Lipinski definition) is 1. The molecule has 0 saturated carbocycles. The molecular formula is C9H16ClN3O2. The SMILES string of the molecule is Cc1c[n+](CCCN)n(C)c1C(=O)[O-].Cl. The van der Waals surface area contributed by atoms with E-state index in [4.69, 9.17) is 5.73 Å². The summed E-state index contributed by atoms with van der Waals surface area (Å²) in [5.41, 5.74) is 6.32. The van der Waals surface area contributed by atoms with Crippen LogP contribution in [0, 0.1) is 6.92 Å². The van der Waals surface area contributed by atoms with Gasteiger partial charge in [0.2, 0.25) is 0 Å². The van der Waals surface area contributed by atoms with Crippen molar-refractivity contribution in [2.45, 2.75) is 19.9 Å². The van der Waals surface area contributed by atoms with Crippen LogP contribution >= 0.6 is 12.4 Å². The van der Waals surface area contributed by atoms with E-state index in [-0.39, 0.29) is 18.1 Å². The predicted octanol–water partition coefficient (Wildman–Crippen LogP) is -1.24. The highest BCUT2D eigenvalue weighted by molar-refractivity contribution is 5.85. The minimum absolute atomic E-state index is 0. The fourth-order valence-corrected chi connectivity index (χ4v) is 1.52. The molecule has 0 saturated heterocycles. The van der Waals surface area contributed by atoms with E-state index in [1.54, 1.807) is 24.9 Å². The smallest absolute Gasteiger partial charge is 0.199 e. The maximum atomic E-state index is 10.8. The normalized spacial score (nSPS) is 9.80. The monoisotopic (exact) mass is 233 g/mol. The van der Waals surface area contributed by atoms with Gasteiger partial charge in [-0.3, -0.25) is 0 Å². The molecule has 15 heavy (non-hydrogen) atoms. The molecule has 1 aromatic rings. The van der Waals surface area contributed by atoms with E-state index >= 15 is 0 Å². The number of carboxylic acid groups (broad SMARTS) is 1. The van der Waals surface area contributed by atoms with Crippen molar-refractivity contribution >= 4 is 18.4 Å². The number of aryl methyl sites for hydroxylation is 2. The van der Waals surface area contributed by atoms with Crippen molar-refractivity contribution < 1.29 is 14.6 Å². The van der Waals surface area contributed by atoms with E-state index in [0.717, 1.165) is 13.0 Å². The molecule has 1 aromatic heterocycles. The van der Waals surface area contributed by atoms with Crippen molar-refractivity contribution in [3.05, 3.63) is 17.5 Å². The third kappa shape index (κ3) is 2.94. The molecule has 0 aliphatic rings. The second-order valence-corrected chi connectivity index (χ2v) is 3.28. The van der Waals surface area contributed by atoms with E-state index in [1.807, 2.05) is 4.68 Å². The van der Waals surface area contributed by atoms with Gasteiger partial charge in [-0.25, -0.2) is 0 Å². The lowest BCUT2D eigenvalue weighted by Crippen LogP contribution is -2.44. The standard InChI is InChI=1S/C9H15N3O2.ClH/c1-7-6-12(5-3-4-10)11(2)8(7)9(13)14;/h6H,3-5,10H2,1-2H3;1H. The Morgan fingerprint density at radius 2 is 2.27 bits per heavy atom. The Morgan fingerprint density at radius 1 is 1.67 bits per heavy atom. The van der Waals surface area contributed by atoms with Crippen LogP contribution in [0.1, 0.15) is 22.5 Å². The highest BCUT2D eigenvalue weighted by atomic mass is 35.5. The third-order valence-electron chi connectivity index (χ3n) is 2.21. The van der Waals surface area contributed by atoms with Gasteiger partial charge >= 0.3 is 0 Å². The van der Waals surface area contributed by atoms with E-state index in [0.29, 0.717) is 12.1 Å². The van der Waals surface area contributed by atoms with E-state index < -0.39 is 5.97 Å². The molecular weight excluding hydrogens is 218 g/mol. The molecule has 2 N–H and O–H groups in total. The molecule has 0 radical (unpaired) electrons. The molecule has 1 rings (SSSR count). The summed E-state index contributed by atoms with van der Waals surface area (Å²) in [6.07, 6.45) is 2.62. The number of carboxylic acids is 1. The summed E-state index contributed by atoms with van der Waals surface area (Å²) in [5, 5.41) is 10.8. The molecule has 0 spiro atoms. The van der Waals surface area contributed by atoms with Crippen molar-refractivity contribution in [3.63, 3.8) is 0 Å². The van der Waals surface area contributed by atoms with Gasteiger partial charge in [-0.05, 0) is 13.5 Å². The zero-order valence-corrected chi connectivity index (χ0v) is 9.71. The molecule has 0 aromatic carbocycles. The van der Waals surface area contributed by atoms with Crippen molar-refractivity contribution in [1.29, 1.82) is 0 Å². The first-order chi connectivity index (χ1) is 6.57. The third-order valence-corrected chi connectivity index (χ3v) is 2.21. The van der Waals surface area contributed by atoms with Gasteiger partial charge in [-0.1, -0.05) is 0 Å². The van der Waals surface area contributed by atoms with Gasteiger partial charge in [0.1, 0.15) is 5.69 Å². The topological polar surface area (TPSA) is 75.0 Å². The molecule has 0 unspecified atom stereocenters. The van der Waals surface area contributed by atoms with Gasteiger partial charge in [0.25, 0.3) is 0 Å². The molecule has 0 fully saturated rings. The van der Waals surface area contributed by atoms with Crippen LogP contribution < -0.4 is 15.5 Å². The van der Waals surface area contributed by atoms with Crippen LogP contribution in [0.4, 0.5) is 0 Å². The minimum Gasteiger partial charge on any atom is -0.543 e. The lowest BCUT2D eigenvalue weighted by Gasteiger charge is -2.02. The Hall–Kier alpha value is -1.07. The summed E-state index contributed by atoms with van der Waals surface area (Å²) >= 11 is 0. The summed E-state index contributed by atoms with van der Waals surface area (Å²) in [6, 6.07) is 0. The molecule has 0 bridgehead atoms. The van der Waals surface area contributed by atoms with Crippen LogP contribution in [0.25, 0.3) is 0 Å². The molecule has 0 amide bonds. The van der Waals surface area contributed by atoms with E-state index in [2.05, 4.69) is 0 Å². The predicted molar refractivity (Wildman–Crippen MR) is 55.6 cm³/mol.